The minimum atomic E-state index is 0.218. The average Bonchev–Trinajstić information content (AvgIpc) is 2.13. The zero-order valence-electron chi connectivity index (χ0n) is 12.1. The largest absolute Gasteiger partial charge is 0.311 e. The molecule has 16 heavy (non-hydrogen) atoms. The Labute approximate surface area is 102 Å². The fourth-order valence-corrected chi connectivity index (χ4v) is 2.02. The fraction of sp³-hybridized carbons (Fsp3) is 1.00. The van der Waals surface area contributed by atoms with Crippen molar-refractivity contribution in [3.05, 3.63) is 0 Å². The molecular weight excluding hydrogens is 198 g/mol. The molecule has 0 atom stereocenters. The topological polar surface area (TPSA) is 18.5 Å². The van der Waals surface area contributed by atoms with E-state index in [0.29, 0.717) is 0 Å². The Kier molecular flexibility index (Phi) is 7.98. The van der Waals surface area contributed by atoms with Gasteiger partial charge in [0.25, 0.3) is 0 Å². The molecular formula is C13H31N3. The van der Waals surface area contributed by atoms with E-state index in [-0.39, 0.29) is 5.54 Å². The van der Waals surface area contributed by atoms with Gasteiger partial charge in [-0.2, -0.15) is 0 Å². The number of nitrogens with one attached hydrogen (secondary N) is 1. The van der Waals surface area contributed by atoms with Gasteiger partial charge in [0, 0.05) is 25.2 Å². The average molecular weight is 229 g/mol. The maximum absolute atomic E-state index is 3.54. The molecule has 0 heterocycles. The van der Waals surface area contributed by atoms with Crippen LogP contribution >= 0.6 is 0 Å². The van der Waals surface area contributed by atoms with Crippen LogP contribution < -0.4 is 5.32 Å². The lowest BCUT2D eigenvalue weighted by Gasteiger charge is -2.33. The quantitative estimate of drug-likeness (QED) is 0.648. The van der Waals surface area contributed by atoms with E-state index in [9.17, 15) is 0 Å². The summed E-state index contributed by atoms with van der Waals surface area (Å²) >= 11 is 0. The van der Waals surface area contributed by atoms with E-state index in [1.165, 1.54) is 13.0 Å². The minimum absolute atomic E-state index is 0.218. The molecule has 0 bridgehead atoms. The fourth-order valence-electron chi connectivity index (χ4n) is 2.02. The van der Waals surface area contributed by atoms with Crippen molar-refractivity contribution in [2.24, 2.45) is 0 Å². The van der Waals surface area contributed by atoms with E-state index in [2.05, 4.69) is 56.9 Å². The molecule has 1 N–H and O–H groups in total. The van der Waals surface area contributed by atoms with Crippen LogP contribution in [0.4, 0.5) is 0 Å². The molecule has 0 saturated heterocycles. The number of rotatable bonds is 9. The highest BCUT2D eigenvalue weighted by Gasteiger charge is 2.19. The molecule has 0 fully saturated rings. The molecule has 0 aromatic carbocycles. The lowest BCUT2D eigenvalue weighted by Crippen LogP contribution is -2.50. The Morgan fingerprint density at radius 2 is 1.62 bits per heavy atom. The lowest BCUT2D eigenvalue weighted by molar-refractivity contribution is 0.186. The molecule has 0 aliphatic heterocycles. The third kappa shape index (κ3) is 8.08. The van der Waals surface area contributed by atoms with Gasteiger partial charge in [0.2, 0.25) is 0 Å². The van der Waals surface area contributed by atoms with Gasteiger partial charge >= 0.3 is 0 Å². The first-order valence-electron chi connectivity index (χ1n) is 6.53. The van der Waals surface area contributed by atoms with Crippen LogP contribution in [0, 0.1) is 0 Å². The summed E-state index contributed by atoms with van der Waals surface area (Å²) in [4.78, 5) is 4.81. The molecule has 3 heteroatoms. The Morgan fingerprint density at radius 1 is 1.00 bits per heavy atom. The highest BCUT2D eigenvalue weighted by Crippen LogP contribution is 2.06. The van der Waals surface area contributed by atoms with Crippen molar-refractivity contribution in [2.45, 2.75) is 39.7 Å². The van der Waals surface area contributed by atoms with Crippen LogP contribution in [0.2, 0.25) is 0 Å². The summed E-state index contributed by atoms with van der Waals surface area (Å²) in [7, 11) is 4.28. The second-order valence-corrected chi connectivity index (χ2v) is 5.49. The van der Waals surface area contributed by atoms with Crippen LogP contribution in [-0.2, 0) is 0 Å². The SMILES string of the molecule is CCCN(CCN(C)C)CC(C)(C)NCC. The summed E-state index contributed by atoms with van der Waals surface area (Å²) < 4.78 is 0. The number of hydrogen-bond donors (Lipinski definition) is 1. The highest BCUT2D eigenvalue weighted by molar-refractivity contribution is 4.81. The number of likely N-dealkylation sites (N-methyl/N-ethyl adjacent to an activating group) is 2. The summed E-state index contributed by atoms with van der Waals surface area (Å²) in [6.45, 7) is 14.7. The van der Waals surface area contributed by atoms with Crippen molar-refractivity contribution in [1.29, 1.82) is 0 Å². The van der Waals surface area contributed by atoms with Crippen LogP contribution in [0.1, 0.15) is 34.1 Å². The van der Waals surface area contributed by atoms with Crippen molar-refractivity contribution in [1.82, 2.24) is 15.1 Å². The maximum Gasteiger partial charge on any atom is 0.0252 e. The van der Waals surface area contributed by atoms with Gasteiger partial charge in [-0.25, -0.2) is 0 Å². The Balaban J connectivity index is 4.09. The van der Waals surface area contributed by atoms with Crippen LogP contribution in [0.15, 0.2) is 0 Å². The van der Waals surface area contributed by atoms with Crippen molar-refractivity contribution < 1.29 is 0 Å². The second kappa shape index (κ2) is 8.04. The smallest absolute Gasteiger partial charge is 0.0252 e. The Hall–Kier alpha value is -0.120. The normalized spacial score (nSPS) is 12.8. The van der Waals surface area contributed by atoms with Gasteiger partial charge in [-0.3, -0.25) is 0 Å². The molecule has 0 aliphatic rings. The molecule has 0 saturated carbocycles. The van der Waals surface area contributed by atoms with Crippen LogP contribution in [0.25, 0.3) is 0 Å². The van der Waals surface area contributed by atoms with Crippen molar-refractivity contribution >= 4 is 0 Å². The van der Waals surface area contributed by atoms with Gasteiger partial charge in [-0.15, -0.1) is 0 Å². The maximum atomic E-state index is 3.54. The van der Waals surface area contributed by atoms with E-state index in [1.54, 1.807) is 0 Å². The molecule has 0 spiro atoms. The Bertz CT molecular complexity index is 167. The van der Waals surface area contributed by atoms with E-state index < -0.39 is 0 Å². The summed E-state index contributed by atoms with van der Waals surface area (Å²) in [5, 5.41) is 3.54. The molecule has 0 amide bonds. The summed E-state index contributed by atoms with van der Waals surface area (Å²) in [5.41, 5.74) is 0.218. The first-order chi connectivity index (χ1) is 7.41. The molecule has 0 aromatic rings. The molecule has 0 rings (SSSR count). The molecule has 0 radical (unpaired) electrons. The van der Waals surface area contributed by atoms with Crippen molar-refractivity contribution in [2.75, 3.05) is 46.8 Å². The molecule has 3 nitrogen and oxygen atoms in total. The summed E-state index contributed by atoms with van der Waals surface area (Å²) in [5.74, 6) is 0. The molecule has 0 aliphatic carbocycles. The van der Waals surface area contributed by atoms with Gasteiger partial charge < -0.3 is 15.1 Å². The lowest BCUT2D eigenvalue weighted by atomic mass is 10.0. The van der Waals surface area contributed by atoms with Crippen molar-refractivity contribution in [3.63, 3.8) is 0 Å². The van der Waals surface area contributed by atoms with Gasteiger partial charge in [0.15, 0.2) is 0 Å². The predicted molar refractivity (Wildman–Crippen MR) is 73.0 cm³/mol. The van der Waals surface area contributed by atoms with E-state index in [1.807, 2.05) is 0 Å². The third-order valence-corrected chi connectivity index (χ3v) is 2.68. The first kappa shape index (κ1) is 15.9. The molecule has 0 unspecified atom stereocenters. The molecule has 0 aromatic heterocycles. The summed E-state index contributed by atoms with van der Waals surface area (Å²) in [6, 6.07) is 0. The third-order valence-electron chi connectivity index (χ3n) is 2.68. The van der Waals surface area contributed by atoms with Gasteiger partial charge in [-0.05, 0) is 47.5 Å². The number of hydrogen-bond acceptors (Lipinski definition) is 3. The number of nitrogens with zero attached hydrogens (tertiary/aromatic N) is 2. The zero-order valence-corrected chi connectivity index (χ0v) is 12.1. The van der Waals surface area contributed by atoms with Crippen LogP contribution in [0.5, 0.6) is 0 Å². The standard InChI is InChI=1S/C13H31N3/c1-7-9-16(11-10-15(5)6)12-13(3,4)14-8-2/h14H,7-12H2,1-6H3. The van der Waals surface area contributed by atoms with Crippen molar-refractivity contribution in [3.8, 4) is 0 Å². The van der Waals surface area contributed by atoms with Gasteiger partial charge in [0.1, 0.15) is 0 Å². The highest BCUT2D eigenvalue weighted by atomic mass is 15.2. The van der Waals surface area contributed by atoms with Crippen LogP contribution in [-0.4, -0.2) is 62.2 Å². The second-order valence-electron chi connectivity index (χ2n) is 5.49. The monoisotopic (exact) mass is 229 g/mol. The van der Waals surface area contributed by atoms with E-state index >= 15 is 0 Å². The summed E-state index contributed by atoms with van der Waals surface area (Å²) in [6.07, 6.45) is 1.23. The van der Waals surface area contributed by atoms with Gasteiger partial charge in [0.05, 0.1) is 0 Å². The van der Waals surface area contributed by atoms with Crippen LogP contribution in [0.3, 0.4) is 0 Å². The minimum Gasteiger partial charge on any atom is -0.311 e. The zero-order chi connectivity index (χ0) is 12.6. The molecule has 98 valence electrons. The van der Waals surface area contributed by atoms with Gasteiger partial charge in [-0.1, -0.05) is 13.8 Å². The predicted octanol–water partition coefficient (Wildman–Crippen LogP) is 1.65. The van der Waals surface area contributed by atoms with E-state index in [0.717, 1.165) is 26.2 Å². The van der Waals surface area contributed by atoms with E-state index in [4.69, 9.17) is 0 Å². The Morgan fingerprint density at radius 3 is 2.06 bits per heavy atom. The first-order valence-corrected chi connectivity index (χ1v) is 6.53.